The van der Waals surface area contributed by atoms with Crippen LogP contribution in [0.25, 0.3) is 0 Å². The van der Waals surface area contributed by atoms with E-state index in [1.807, 2.05) is 36.1 Å². The second kappa shape index (κ2) is 7.97. The van der Waals surface area contributed by atoms with E-state index in [0.29, 0.717) is 13.0 Å². The molecule has 25 heavy (non-hydrogen) atoms. The number of ether oxygens (including phenoxy) is 1. The molecule has 0 saturated carbocycles. The summed E-state index contributed by atoms with van der Waals surface area (Å²) in [5.74, 6) is -0.0605. The molecule has 0 radical (unpaired) electrons. The number of anilines is 1. The summed E-state index contributed by atoms with van der Waals surface area (Å²) in [6.07, 6.45) is 0.316. The summed E-state index contributed by atoms with van der Waals surface area (Å²) in [5.41, 5.74) is 2.05. The number of nitrogens with zero attached hydrogens (tertiary/aromatic N) is 3. The molecule has 2 aliphatic rings. The highest BCUT2D eigenvalue weighted by atomic mass is 16.5. The summed E-state index contributed by atoms with van der Waals surface area (Å²) in [6, 6.07) is 7.90. The second-order valence-corrected chi connectivity index (χ2v) is 6.90. The molecular formula is C19H27N3O3. The number of hydrogen-bond acceptors (Lipinski definition) is 4. The van der Waals surface area contributed by atoms with E-state index in [1.165, 1.54) is 0 Å². The van der Waals surface area contributed by atoms with Crippen LogP contribution in [0.3, 0.4) is 0 Å². The van der Waals surface area contributed by atoms with Gasteiger partial charge in [-0.3, -0.25) is 14.5 Å². The lowest BCUT2D eigenvalue weighted by molar-refractivity contribution is -0.137. The Morgan fingerprint density at radius 2 is 1.84 bits per heavy atom. The van der Waals surface area contributed by atoms with E-state index in [1.54, 1.807) is 12.0 Å². The van der Waals surface area contributed by atoms with Crippen molar-refractivity contribution < 1.29 is 14.3 Å². The highest BCUT2D eigenvalue weighted by molar-refractivity contribution is 6.00. The zero-order chi connectivity index (χ0) is 17.8. The molecule has 0 aliphatic carbocycles. The minimum Gasteiger partial charge on any atom is -0.383 e. The topological polar surface area (TPSA) is 53.1 Å². The molecule has 0 N–H and O–H groups in total. The van der Waals surface area contributed by atoms with Crippen molar-refractivity contribution in [3.8, 4) is 0 Å². The molecule has 0 bridgehead atoms. The molecule has 6 nitrogen and oxygen atoms in total. The Morgan fingerprint density at radius 1 is 1.16 bits per heavy atom. The number of rotatable bonds is 5. The Kier molecular flexibility index (Phi) is 5.71. The van der Waals surface area contributed by atoms with Crippen LogP contribution in [0.1, 0.15) is 12.0 Å². The third-order valence-electron chi connectivity index (χ3n) is 5.12. The van der Waals surface area contributed by atoms with Gasteiger partial charge in [0.25, 0.3) is 0 Å². The molecule has 6 heteroatoms. The quantitative estimate of drug-likeness (QED) is 0.803. The number of piperazine rings is 1. The predicted molar refractivity (Wildman–Crippen MR) is 96.5 cm³/mol. The number of amides is 2. The van der Waals surface area contributed by atoms with Gasteiger partial charge in [0.2, 0.25) is 11.8 Å². The van der Waals surface area contributed by atoms with Crippen molar-refractivity contribution in [3.63, 3.8) is 0 Å². The van der Waals surface area contributed by atoms with E-state index < -0.39 is 0 Å². The van der Waals surface area contributed by atoms with E-state index in [-0.39, 0.29) is 17.7 Å². The fourth-order valence-corrected chi connectivity index (χ4v) is 3.52. The van der Waals surface area contributed by atoms with Gasteiger partial charge in [0, 0.05) is 58.5 Å². The van der Waals surface area contributed by atoms with E-state index in [2.05, 4.69) is 4.90 Å². The van der Waals surface area contributed by atoms with Gasteiger partial charge in [0.15, 0.2) is 0 Å². The summed E-state index contributed by atoms with van der Waals surface area (Å²) in [7, 11) is 1.71. The lowest BCUT2D eigenvalue weighted by Crippen LogP contribution is -2.51. The molecule has 2 saturated heterocycles. The van der Waals surface area contributed by atoms with Crippen molar-refractivity contribution in [2.45, 2.75) is 13.3 Å². The van der Waals surface area contributed by atoms with Gasteiger partial charge < -0.3 is 14.5 Å². The fourth-order valence-electron chi connectivity index (χ4n) is 3.52. The van der Waals surface area contributed by atoms with Crippen molar-refractivity contribution in [1.82, 2.24) is 9.80 Å². The first-order valence-electron chi connectivity index (χ1n) is 8.95. The maximum atomic E-state index is 12.8. The van der Waals surface area contributed by atoms with Crippen LogP contribution in [0.5, 0.6) is 0 Å². The van der Waals surface area contributed by atoms with Gasteiger partial charge in [-0.25, -0.2) is 0 Å². The lowest BCUT2D eigenvalue weighted by Gasteiger charge is -2.35. The molecule has 2 fully saturated rings. The first-order chi connectivity index (χ1) is 12.1. The molecule has 2 heterocycles. The van der Waals surface area contributed by atoms with E-state index in [0.717, 1.165) is 50.6 Å². The molecule has 0 aromatic heterocycles. The summed E-state index contributed by atoms with van der Waals surface area (Å²) < 4.78 is 5.11. The Hall–Kier alpha value is -1.92. The summed E-state index contributed by atoms with van der Waals surface area (Å²) in [5, 5.41) is 0. The van der Waals surface area contributed by atoms with Crippen molar-refractivity contribution in [2.24, 2.45) is 5.92 Å². The van der Waals surface area contributed by atoms with Crippen LogP contribution in [0.2, 0.25) is 0 Å². The highest BCUT2D eigenvalue weighted by Crippen LogP contribution is 2.26. The van der Waals surface area contributed by atoms with Crippen LogP contribution in [-0.4, -0.2) is 74.6 Å². The van der Waals surface area contributed by atoms with Crippen LogP contribution in [0, 0.1) is 12.8 Å². The standard InChI is InChI=1S/C19H27N3O3/c1-15-3-5-17(6-4-15)22-14-16(13-18(22)23)19(24)21-9-7-20(8-10-21)11-12-25-2/h3-6,16H,7-14H2,1-2H3. The van der Waals surface area contributed by atoms with E-state index >= 15 is 0 Å². The van der Waals surface area contributed by atoms with Crippen LogP contribution in [0.15, 0.2) is 24.3 Å². The van der Waals surface area contributed by atoms with Crippen molar-refractivity contribution in [3.05, 3.63) is 29.8 Å². The Bertz CT molecular complexity index is 609. The van der Waals surface area contributed by atoms with Crippen molar-refractivity contribution in [1.29, 1.82) is 0 Å². The third kappa shape index (κ3) is 4.19. The predicted octanol–water partition coefficient (Wildman–Crippen LogP) is 1.14. The largest absolute Gasteiger partial charge is 0.383 e. The van der Waals surface area contributed by atoms with Crippen LogP contribution in [-0.2, 0) is 14.3 Å². The third-order valence-corrected chi connectivity index (χ3v) is 5.12. The molecule has 1 aromatic carbocycles. The summed E-state index contributed by atoms with van der Waals surface area (Å²) >= 11 is 0. The molecule has 2 amide bonds. The van der Waals surface area contributed by atoms with Gasteiger partial charge in [-0.15, -0.1) is 0 Å². The number of carbonyl (C=O) groups is 2. The average Bonchev–Trinajstić information content (AvgIpc) is 3.02. The van der Waals surface area contributed by atoms with E-state index in [9.17, 15) is 9.59 Å². The summed E-state index contributed by atoms with van der Waals surface area (Å²) in [4.78, 5) is 31.1. The number of aryl methyl sites for hydroxylation is 1. The van der Waals surface area contributed by atoms with Crippen LogP contribution < -0.4 is 4.90 Å². The molecule has 0 spiro atoms. The van der Waals surface area contributed by atoms with Gasteiger partial charge >= 0.3 is 0 Å². The van der Waals surface area contributed by atoms with Gasteiger partial charge in [-0.05, 0) is 19.1 Å². The molecule has 136 valence electrons. The lowest BCUT2D eigenvalue weighted by atomic mass is 10.1. The van der Waals surface area contributed by atoms with Gasteiger partial charge in [0.05, 0.1) is 12.5 Å². The maximum absolute atomic E-state index is 12.8. The van der Waals surface area contributed by atoms with Crippen molar-refractivity contribution >= 4 is 17.5 Å². The smallest absolute Gasteiger partial charge is 0.228 e. The number of benzene rings is 1. The zero-order valence-corrected chi connectivity index (χ0v) is 15.1. The van der Waals surface area contributed by atoms with Crippen LogP contribution >= 0.6 is 0 Å². The number of methoxy groups -OCH3 is 1. The normalized spacial score (nSPS) is 21.8. The zero-order valence-electron chi connectivity index (χ0n) is 15.1. The minimum absolute atomic E-state index is 0.0425. The monoisotopic (exact) mass is 345 g/mol. The Labute approximate surface area is 149 Å². The molecule has 1 atom stereocenters. The van der Waals surface area contributed by atoms with Gasteiger partial charge in [0.1, 0.15) is 0 Å². The van der Waals surface area contributed by atoms with E-state index in [4.69, 9.17) is 4.74 Å². The number of carbonyl (C=O) groups excluding carboxylic acids is 2. The Balaban J connectivity index is 1.55. The molecule has 2 aliphatic heterocycles. The maximum Gasteiger partial charge on any atom is 0.228 e. The SMILES string of the molecule is COCCN1CCN(C(=O)C2CC(=O)N(c3ccc(C)cc3)C2)CC1. The molecule has 1 unspecified atom stereocenters. The first kappa shape index (κ1) is 17.9. The van der Waals surface area contributed by atoms with Crippen LogP contribution in [0.4, 0.5) is 5.69 Å². The number of hydrogen-bond donors (Lipinski definition) is 0. The minimum atomic E-state index is -0.223. The van der Waals surface area contributed by atoms with Crippen molar-refractivity contribution in [2.75, 3.05) is 57.9 Å². The summed E-state index contributed by atoms with van der Waals surface area (Å²) in [6.45, 7) is 7.35. The highest BCUT2D eigenvalue weighted by Gasteiger charge is 2.37. The first-order valence-corrected chi connectivity index (χ1v) is 8.95. The average molecular weight is 345 g/mol. The molecule has 1 aromatic rings. The molecular weight excluding hydrogens is 318 g/mol. The Morgan fingerprint density at radius 3 is 2.48 bits per heavy atom. The fraction of sp³-hybridized carbons (Fsp3) is 0.579. The van der Waals surface area contributed by atoms with Gasteiger partial charge in [-0.2, -0.15) is 0 Å². The van der Waals surface area contributed by atoms with Gasteiger partial charge in [-0.1, -0.05) is 17.7 Å². The second-order valence-electron chi connectivity index (χ2n) is 6.90. The molecule has 3 rings (SSSR count).